The van der Waals surface area contributed by atoms with Gasteiger partial charge in [0.2, 0.25) is 6.86 Å². The normalized spacial score (nSPS) is 14.2. The summed E-state index contributed by atoms with van der Waals surface area (Å²) in [5.41, 5.74) is 2.42. The van der Waals surface area contributed by atoms with Gasteiger partial charge in [0, 0.05) is 24.5 Å². The van der Waals surface area contributed by atoms with Gasteiger partial charge in [0.05, 0.1) is 0 Å². The van der Waals surface area contributed by atoms with Crippen molar-refractivity contribution in [3.63, 3.8) is 0 Å². The summed E-state index contributed by atoms with van der Waals surface area (Å²) in [5, 5.41) is 0. The Morgan fingerprint density at radius 3 is 2.19 bits per heavy atom. The van der Waals surface area contributed by atoms with Gasteiger partial charge >= 0.3 is 0 Å². The first-order valence-electron chi connectivity index (χ1n) is 10.9. The highest BCUT2D eigenvalue weighted by Gasteiger charge is 2.10. The molecular weight excluding hydrogens is 407 g/mol. The lowest BCUT2D eigenvalue weighted by atomic mass is 10.1. The van der Waals surface area contributed by atoms with Crippen LogP contribution in [0.4, 0.5) is 4.39 Å². The van der Waals surface area contributed by atoms with Crippen LogP contribution < -0.4 is 15.0 Å². The monoisotopic (exact) mass is 434 g/mol. The highest BCUT2D eigenvalue weighted by molar-refractivity contribution is 5.69. The zero-order chi connectivity index (χ0) is 22.2. The Labute approximate surface area is 187 Å². The summed E-state index contributed by atoms with van der Waals surface area (Å²) in [6.07, 6.45) is 8.09. The number of benzene rings is 2. The average molecular weight is 435 g/mol. The minimum absolute atomic E-state index is 0.110. The molecule has 0 saturated carbocycles. The molecule has 0 amide bonds. The van der Waals surface area contributed by atoms with Gasteiger partial charge in [-0.3, -0.25) is 14.3 Å². The molecule has 6 heteroatoms. The van der Waals surface area contributed by atoms with Gasteiger partial charge < -0.3 is 9.47 Å². The van der Waals surface area contributed by atoms with Gasteiger partial charge in [-0.05, 0) is 79.5 Å². The van der Waals surface area contributed by atoms with Gasteiger partial charge in [0.25, 0.3) is 5.56 Å². The van der Waals surface area contributed by atoms with E-state index in [4.69, 9.17) is 9.47 Å². The molecular formula is C26H27FN2O3. The van der Waals surface area contributed by atoms with Gasteiger partial charge in [-0.25, -0.2) is 4.39 Å². The van der Waals surface area contributed by atoms with Gasteiger partial charge in [0.15, 0.2) is 0 Å². The fourth-order valence-corrected chi connectivity index (χ4v) is 3.74. The van der Waals surface area contributed by atoms with Crippen LogP contribution in [-0.4, -0.2) is 42.6 Å². The van der Waals surface area contributed by atoms with Crippen LogP contribution in [0.15, 0.2) is 71.7 Å². The second-order valence-electron chi connectivity index (χ2n) is 7.72. The third-order valence-corrected chi connectivity index (χ3v) is 5.50. The van der Waals surface area contributed by atoms with Crippen LogP contribution in [0, 0.1) is 0 Å². The number of hydrogen-bond acceptors (Lipinski definition) is 4. The molecule has 0 unspecified atom stereocenters. The Hall–Kier alpha value is -3.38. The molecule has 0 spiro atoms. The number of nitrogens with zero attached hydrogens (tertiary/aromatic N) is 2. The number of likely N-dealkylation sites (tertiary alicyclic amines) is 1. The summed E-state index contributed by atoms with van der Waals surface area (Å²) < 4.78 is 24.4. The molecule has 0 bridgehead atoms. The maximum absolute atomic E-state index is 12.6. The molecule has 1 aromatic heterocycles. The molecule has 5 nitrogen and oxygen atoms in total. The molecule has 2 heterocycles. The van der Waals surface area contributed by atoms with E-state index < -0.39 is 6.86 Å². The van der Waals surface area contributed by atoms with E-state index in [1.165, 1.54) is 12.8 Å². The van der Waals surface area contributed by atoms with E-state index in [1.54, 1.807) is 29.0 Å². The molecule has 2 aromatic carbocycles. The molecule has 0 N–H and O–H groups in total. The molecule has 166 valence electrons. The van der Waals surface area contributed by atoms with Crippen LogP contribution in [0.5, 0.6) is 11.5 Å². The third-order valence-electron chi connectivity index (χ3n) is 5.50. The number of alkyl halides is 1. The number of rotatable bonds is 9. The van der Waals surface area contributed by atoms with Crippen molar-refractivity contribution in [2.24, 2.45) is 0 Å². The molecule has 4 rings (SSSR count). The van der Waals surface area contributed by atoms with Crippen LogP contribution in [0.3, 0.4) is 0 Å². The number of aromatic nitrogens is 1. The Morgan fingerprint density at radius 1 is 0.844 bits per heavy atom. The van der Waals surface area contributed by atoms with Crippen molar-refractivity contribution in [2.45, 2.75) is 12.8 Å². The summed E-state index contributed by atoms with van der Waals surface area (Å²) in [4.78, 5) is 15.0. The van der Waals surface area contributed by atoms with Crippen molar-refractivity contribution in [3.8, 4) is 17.2 Å². The van der Waals surface area contributed by atoms with E-state index in [0.717, 1.165) is 42.2 Å². The van der Waals surface area contributed by atoms with Gasteiger partial charge in [-0.2, -0.15) is 0 Å². The second kappa shape index (κ2) is 10.8. The maximum Gasteiger partial charge on any atom is 0.255 e. The van der Waals surface area contributed by atoms with Crippen LogP contribution in [0.25, 0.3) is 17.8 Å². The summed E-state index contributed by atoms with van der Waals surface area (Å²) in [7, 11) is 0. The van der Waals surface area contributed by atoms with Crippen LogP contribution in [0.1, 0.15) is 24.0 Å². The van der Waals surface area contributed by atoms with Crippen molar-refractivity contribution in [3.05, 3.63) is 88.3 Å². The molecule has 3 aromatic rings. The van der Waals surface area contributed by atoms with Crippen molar-refractivity contribution < 1.29 is 13.9 Å². The van der Waals surface area contributed by atoms with Gasteiger partial charge in [-0.1, -0.05) is 24.3 Å². The SMILES string of the molecule is O=c1cc(/C=C/c2ccc(OCF)cc2)ccn1-c1ccc(OCCN2CCCC2)cc1. The van der Waals surface area contributed by atoms with E-state index in [0.29, 0.717) is 12.4 Å². The van der Waals surface area contributed by atoms with Crippen molar-refractivity contribution in [2.75, 3.05) is 33.1 Å². The first kappa shape index (κ1) is 21.8. The zero-order valence-electron chi connectivity index (χ0n) is 18.0. The lowest BCUT2D eigenvalue weighted by Crippen LogP contribution is -2.25. The van der Waals surface area contributed by atoms with E-state index in [1.807, 2.05) is 54.6 Å². The van der Waals surface area contributed by atoms with Gasteiger partial charge in [0.1, 0.15) is 18.1 Å². The Bertz CT molecular complexity index is 1090. The molecule has 1 fully saturated rings. The number of hydrogen-bond donors (Lipinski definition) is 0. The quantitative estimate of drug-likeness (QED) is 0.486. The van der Waals surface area contributed by atoms with Gasteiger partial charge in [-0.15, -0.1) is 0 Å². The number of ether oxygens (including phenoxy) is 2. The van der Waals surface area contributed by atoms with E-state index in [2.05, 4.69) is 4.90 Å². The molecule has 0 atom stereocenters. The smallest absolute Gasteiger partial charge is 0.255 e. The fourth-order valence-electron chi connectivity index (χ4n) is 3.74. The minimum Gasteiger partial charge on any atom is -0.492 e. The zero-order valence-corrected chi connectivity index (χ0v) is 18.0. The highest BCUT2D eigenvalue weighted by Crippen LogP contribution is 2.17. The predicted octanol–water partition coefficient (Wildman–Crippen LogP) is 4.79. The summed E-state index contributed by atoms with van der Waals surface area (Å²) in [5.74, 6) is 1.29. The largest absolute Gasteiger partial charge is 0.492 e. The van der Waals surface area contributed by atoms with Crippen LogP contribution in [-0.2, 0) is 0 Å². The standard InChI is InChI=1S/C26H27FN2O3/c27-20-32-25-9-5-21(6-10-25)3-4-22-13-16-29(26(30)19-22)23-7-11-24(12-8-23)31-18-17-28-14-1-2-15-28/h3-13,16,19H,1-2,14-15,17-18,20H2/b4-3+. The minimum atomic E-state index is -0.847. The van der Waals surface area contributed by atoms with Crippen LogP contribution >= 0.6 is 0 Å². The van der Waals surface area contributed by atoms with E-state index in [9.17, 15) is 9.18 Å². The summed E-state index contributed by atoms with van der Waals surface area (Å²) in [6, 6.07) is 18.1. The lowest BCUT2D eigenvalue weighted by molar-refractivity contribution is 0.192. The predicted molar refractivity (Wildman–Crippen MR) is 125 cm³/mol. The number of pyridine rings is 1. The third kappa shape index (κ3) is 5.86. The topological polar surface area (TPSA) is 43.7 Å². The second-order valence-corrected chi connectivity index (χ2v) is 7.72. The van der Waals surface area contributed by atoms with E-state index >= 15 is 0 Å². The molecule has 1 aliphatic rings. The van der Waals surface area contributed by atoms with Crippen molar-refractivity contribution in [1.29, 1.82) is 0 Å². The number of halogens is 1. The Kier molecular flexibility index (Phi) is 7.35. The summed E-state index contributed by atoms with van der Waals surface area (Å²) in [6.45, 7) is 3.10. The average Bonchev–Trinajstić information content (AvgIpc) is 3.33. The van der Waals surface area contributed by atoms with E-state index in [-0.39, 0.29) is 5.56 Å². The molecule has 32 heavy (non-hydrogen) atoms. The Balaban J connectivity index is 1.36. The van der Waals surface area contributed by atoms with Crippen LogP contribution in [0.2, 0.25) is 0 Å². The van der Waals surface area contributed by atoms with Crippen molar-refractivity contribution in [1.82, 2.24) is 9.47 Å². The molecule has 0 radical (unpaired) electrons. The van der Waals surface area contributed by atoms with Crippen molar-refractivity contribution >= 4 is 12.2 Å². The molecule has 1 saturated heterocycles. The first-order chi connectivity index (χ1) is 15.7. The Morgan fingerprint density at radius 2 is 1.50 bits per heavy atom. The first-order valence-corrected chi connectivity index (χ1v) is 10.9. The maximum atomic E-state index is 12.6. The molecule has 1 aliphatic heterocycles. The lowest BCUT2D eigenvalue weighted by Gasteiger charge is -2.15. The fraction of sp³-hybridized carbons (Fsp3) is 0.269. The summed E-state index contributed by atoms with van der Waals surface area (Å²) >= 11 is 0. The highest BCUT2D eigenvalue weighted by atomic mass is 19.1. The molecule has 0 aliphatic carbocycles.